The van der Waals surface area contributed by atoms with Crippen LogP contribution < -0.4 is 5.32 Å². The third-order valence-corrected chi connectivity index (χ3v) is 5.05. The maximum absolute atomic E-state index is 13.0. The number of hydrogen-bond acceptors (Lipinski definition) is 4. The van der Waals surface area contributed by atoms with Crippen molar-refractivity contribution >= 4 is 29.0 Å². The van der Waals surface area contributed by atoms with E-state index in [0.717, 1.165) is 25.9 Å². The second-order valence-electron chi connectivity index (χ2n) is 7.16. The Kier molecular flexibility index (Phi) is 5.44. The van der Waals surface area contributed by atoms with Crippen molar-refractivity contribution < 1.29 is 14.4 Å². The highest BCUT2D eigenvalue weighted by atomic mass is 16.2. The summed E-state index contributed by atoms with van der Waals surface area (Å²) in [5.74, 6) is -0.0794. The van der Waals surface area contributed by atoms with Crippen LogP contribution in [0.1, 0.15) is 32.3 Å². The number of hydrogen-bond donors (Lipinski definition) is 1. The van der Waals surface area contributed by atoms with Gasteiger partial charge in [0.25, 0.3) is 11.8 Å². The van der Waals surface area contributed by atoms with Gasteiger partial charge >= 0.3 is 0 Å². The van der Waals surface area contributed by atoms with Gasteiger partial charge in [-0.1, -0.05) is 25.1 Å². The topological polar surface area (TPSA) is 69.7 Å². The molecule has 2 aliphatic rings. The fourth-order valence-corrected chi connectivity index (χ4v) is 3.57. The van der Waals surface area contributed by atoms with Gasteiger partial charge < -0.3 is 10.2 Å². The van der Waals surface area contributed by atoms with Crippen LogP contribution in [0.3, 0.4) is 0 Å². The summed E-state index contributed by atoms with van der Waals surface area (Å²) in [5.41, 5.74) is 2.26. The molecule has 3 rings (SSSR count). The molecular formula is C21H25N3O3. The van der Waals surface area contributed by atoms with Gasteiger partial charge in [-0.15, -0.1) is 6.58 Å². The first-order chi connectivity index (χ1) is 12.9. The zero-order valence-corrected chi connectivity index (χ0v) is 15.8. The lowest BCUT2D eigenvalue weighted by molar-refractivity contribution is -0.137. The van der Waals surface area contributed by atoms with Crippen LogP contribution in [0.15, 0.2) is 42.6 Å². The molecule has 0 aromatic heterocycles. The van der Waals surface area contributed by atoms with Crippen LogP contribution in [0.2, 0.25) is 0 Å². The van der Waals surface area contributed by atoms with Crippen LogP contribution in [0.4, 0.5) is 5.69 Å². The summed E-state index contributed by atoms with van der Waals surface area (Å²) in [5, 5.41) is 2.71. The number of likely N-dealkylation sites (tertiary alicyclic amines) is 1. The van der Waals surface area contributed by atoms with E-state index in [1.54, 1.807) is 30.3 Å². The first kappa shape index (κ1) is 18.9. The third-order valence-electron chi connectivity index (χ3n) is 5.05. The number of amides is 3. The molecule has 1 aromatic rings. The molecule has 6 nitrogen and oxygen atoms in total. The van der Waals surface area contributed by atoms with Crippen LogP contribution >= 0.6 is 0 Å². The largest absolute Gasteiger partial charge is 0.366 e. The summed E-state index contributed by atoms with van der Waals surface area (Å²) in [6, 6.07) is 7.03. The average Bonchev–Trinajstić information content (AvgIpc) is 2.88. The zero-order chi connectivity index (χ0) is 19.6. The highest BCUT2D eigenvalue weighted by Crippen LogP contribution is 2.34. The highest BCUT2D eigenvalue weighted by molar-refractivity contribution is 6.35. The molecule has 27 heavy (non-hydrogen) atoms. The number of benzene rings is 1. The predicted octanol–water partition coefficient (Wildman–Crippen LogP) is 2.64. The molecule has 3 amide bonds. The molecule has 2 heterocycles. The van der Waals surface area contributed by atoms with Crippen molar-refractivity contribution in [3.63, 3.8) is 0 Å². The van der Waals surface area contributed by atoms with E-state index in [4.69, 9.17) is 0 Å². The van der Waals surface area contributed by atoms with E-state index in [1.807, 2.05) is 4.90 Å². The summed E-state index contributed by atoms with van der Waals surface area (Å²) in [7, 11) is 0. The quantitative estimate of drug-likeness (QED) is 0.642. The number of nitrogens with zero attached hydrogens (tertiary/aromatic N) is 2. The molecule has 0 unspecified atom stereocenters. The normalized spacial score (nSPS) is 18.3. The Bertz CT molecular complexity index is 802. The maximum Gasteiger partial charge on any atom is 0.278 e. The minimum absolute atomic E-state index is 0.158. The minimum Gasteiger partial charge on any atom is -0.366 e. The molecule has 2 aliphatic heterocycles. The molecule has 0 saturated carbocycles. The molecule has 6 heteroatoms. The van der Waals surface area contributed by atoms with E-state index >= 15 is 0 Å². The molecule has 1 aromatic carbocycles. The lowest BCUT2D eigenvalue weighted by Crippen LogP contribution is -2.38. The second-order valence-corrected chi connectivity index (χ2v) is 7.16. The Morgan fingerprint density at radius 1 is 1.19 bits per heavy atom. The second kappa shape index (κ2) is 7.78. The number of anilines is 1. The Morgan fingerprint density at radius 3 is 2.37 bits per heavy atom. The van der Waals surface area contributed by atoms with Gasteiger partial charge in [0.15, 0.2) is 0 Å². The number of piperidine rings is 1. The molecule has 142 valence electrons. The Labute approximate surface area is 159 Å². The van der Waals surface area contributed by atoms with Gasteiger partial charge in [0.05, 0.1) is 5.57 Å². The molecular weight excluding hydrogens is 342 g/mol. The Balaban J connectivity index is 2.00. The van der Waals surface area contributed by atoms with Gasteiger partial charge in [-0.25, -0.2) is 0 Å². The molecule has 1 fully saturated rings. The van der Waals surface area contributed by atoms with Gasteiger partial charge in [0.1, 0.15) is 5.70 Å². The minimum atomic E-state index is -0.291. The van der Waals surface area contributed by atoms with Gasteiger partial charge in [-0.3, -0.25) is 19.3 Å². The standard InChI is InChI=1S/C21H25N3O3/c1-4-11-24-20(26)18(16-5-7-17(8-6-16)22-15(3)25)19(21(24)27)23-12-9-14(2)10-13-23/h4-8,14H,1,9-13H2,2-3H3,(H,22,25). The van der Waals surface area contributed by atoms with Crippen LogP contribution in [-0.2, 0) is 14.4 Å². The van der Waals surface area contributed by atoms with Crippen LogP contribution in [0, 0.1) is 5.92 Å². The molecule has 0 aliphatic carbocycles. The van der Waals surface area contributed by atoms with Crippen molar-refractivity contribution in [1.29, 1.82) is 0 Å². The zero-order valence-electron chi connectivity index (χ0n) is 15.8. The van der Waals surface area contributed by atoms with Crippen molar-refractivity contribution in [2.45, 2.75) is 26.7 Å². The summed E-state index contributed by atoms with van der Waals surface area (Å²) in [6.45, 7) is 9.04. The van der Waals surface area contributed by atoms with E-state index in [2.05, 4.69) is 18.8 Å². The lowest BCUT2D eigenvalue weighted by Gasteiger charge is -2.32. The SMILES string of the molecule is C=CCN1C(=O)C(c2ccc(NC(C)=O)cc2)=C(N2CCC(C)CC2)C1=O. The third kappa shape index (κ3) is 3.79. The summed E-state index contributed by atoms with van der Waals surface area (Å²) in [6.07, 6.45) is 3.57. The first-order valence-corrected chi connectivity index (χ1v) is 9.26. The van der Waals surface area contributed by atoms with E-state index in [0.29, 0.717) is 28.4 Å². The Morgan fingerprint density at radius 2 is 1.81 bits per heavy atom. The van der Waals surface area contributed by atoms with E-state index in [1.165, 1.54) is 11.8 Å². The summed E-state index contributed by atoms with van der Waals surface area (Å²) in [4.78, 5) is 40.5. The number of carbonyl (C=O) groups is 3. The van der Waals surface area contributed by atoms with Gasteiger partial charge in [0, 0.05) is 32.2 Å². The molecule has 0 atom stereocenters. The van der Waals surface area contributed by atoms with E-state index < -0.39 is 0 Å². The fourth-order valence-electron chi connectivity index (χ4n) is 3.57. The number of carbonyl (C=O) groups excluding carboxylic acids is 3. The van der Waals surface area contributed by atoms with Crippen LogP contribution in [0.25, 0.3) is 5.57 Å². The van der Waals surface area contributed by atoms with Crippen LogP contribution in [0.5, 0.6) is 0 Å². The van der Waals surface area contributed by atoms with Gasteiger partial charge in [0.2, 0.25) is 5.91 Å². The molecule has 0 bridgehead atoms. The van der Waals surface area contributed by atoms with Crippen molar-refractivity contribution in [3.05, 3.63) is 48.2 Å². The molecule has 1 N–H and O–H groups in total. The van der Waals surface area contributed by atoms with Crippen molar-refractivity contribution in [2.75, 3.05) is 25.0 Å². The Hall–Kier alpha value is -2.89. The average molecular weight is 367 g/mol. The van der Waals surface area contributed by atoms with Crippen molar-refractivity contribution in [1.82, 2.24) is 9.80 Å². The van der Waals surface area contributed by atoms with E-state index in [9.17, 15) is 14.4 Å². The molecule has 0 spiro atoms. The van der Waals surface area contributed by atoms with E-state index in [-0.39, 0.29) is 24.3 Å². The fraction of sp³-hybridized carbons (Fsp3) is 0.381. The molecule has 0 radical (unpaired) electrons. The van der Waals surface area contributed by atoms with Crippen LogP contribution in [-0.4, -0.2) is 47.2 Å². The summed E-state index contributed by atoms with van der Waals surface area (Å²) < 4.78 is 0. The monoisotopic (exact) mass is 367 g/mol. The highest BCUT2D eigenvalue weighted by Gasteiger charge is 2.41. The van der Waals surface area contributed by atoms with Gasteiger partial charge in [-0.2, -0.15) is 0 Å². The van der Waals surface area contributed by atoms with Gasteiger partial charge in [-0.05, 0) is 36.5 Å². The number of rotatable bonds is 5. The lowest BCUT2D eigenvalue weighted by atomic mass is 9.97. The predicted molar refractivity (Wildman–Crippen MR) is 105 cm³/mol. The van der Waals surface area contributed by atoms with Crippen molar-refractivity contribution in [2.24, 2.45) is 5.92 Å². The number of imide groups is 1. The first-order valence-electron chi connectivity index (χ1n) is 9.26. The van der Waals surface area contributed by atoms with Crippen molar-refractivity contribution in [3.8, 4) is 0 Å². The summed E-state index contributed by atoms with van der Waals surface area (Å²) >= 11 is 0. The maximum atomic E-state index is 13.0. The smallest absolute Gasteiger partial charge is 0.278 e. The molecule has 1 saturated heterocycles. The number of nitrogens with one attached hydrogen (secondary N) is 1.